The molecule has 4 amide bonds. The molecule has 2 N–H and O–H groups in total. The molecule has 12 nitrogen and oxygen atoms in total. The zero-order valence-corrected chi connectivity index (χ0v) is 26.6. The molecule has 6 aromatic rings. The molecule has 0 bridgehead atoms. The number of rotatable bonds is 8. The van der Waals surface area contributed by atoms with Gasteiger partial charge in [0.2, 0.25) is 0 Å². The molecule has 0 saturated heterocycles. The van der Waals surface area contributed by atoms with Crippen molar-refractivity contribution in [3.63, 3.8) is 0 Å². The van der Waals surface area contributed by atoms with Crippen LogP contribution >= 0.6 is 0 Å². The van der Waals surface area contributed by atoms with Crippen LogP contribution in [0.15, 0.2) is 121 Å². The van der Waals surface area contributed by atoms with Gasteiger partial charge in [0, 0.05) is 10.8 Å². The quantitative estimate of drug-likeness (QED) is 0.153. The number of carboxylic acid groups (broad SMARTS) is 2. The van der Waals surface area contributed by atoms with Gasteiger partial charge >= 0.3 is 11.9 Å². The second-order valence-electron chi connectivity index (χ2n) is 11.8. The van der Waals surface area contributed by atoms with Crippen molar-refractivity contribution in [2.24, 2.45) is 0 Å². The van der Waals surface area contributed by atoms with E-state index in [9.17, 15) is 39.0 Å². The fourth-order valence-corrected chi connectivity index (χ4v) is 6.22. The Morgan fingerprint density at radius 1 is 0.442 bits per heavy atom. The highest BCUT2D eigenvalue weighted by Gasteiger charge is 2.38. The maximum absolute atomic E-state index is 13.1. The molecule has 2 heterocycles. The summed E-state index contributed by atoms with van der Waals surface area (Å²) in [7, 11) is 0. The second kappa shape index (κ2) is 12.1. The van der Waals surface area contributed by atoms with Crippen LogP contribution < -0.4 is 19.3 Å². The maximum Gasteiger partial charge on any atom is 0.335 e. The lowest BCUT2D eigenvalue weighted by atomic mass is 10.1. The topological polar surface area (TPSA) is 168 Å². The fraction of sp³-hybridized carbons (Fsp3) is 0. The third-order valence-corrected chi connectivity index (χ3v) is 8.76. The van der Waals surface area contributed by atoms with E-state index in [0.717, 1.165) is 20.6 Å². The number of nitrogens with zero attached hydrogens (tertiary/aromatic N) is 2. The van der Waals surface area contributed by atoms with E-state index >= 15 is 0 Å². The van der Waals surface area contributed by atoms with Crippen LogP contribution in [0.3, 0.4) is 0 Å². The van der Waals surface area contributed by atoms with Crippen molar-refractivity contribution in [1.29, 1.82) is 0 Å². The van der Waals surface area contributed by atoms with Crippen LogP contribution in [0.4, 0.5) is 11.4 Å². The fourth-order valence-electron chi connectivity index (χ4n) is 6.22. The summed E-state index contributed by atoms with van der Waals surface area (Å²) in [4.78, 5) is 76.9. The van der Waals surface area contributed by atoms with E-state index < -0.39 is 35.6 Å². The molecule has 0 atom stereocenters. The van der Waals surface area contributed by atoms with Gasteiger partial charge in [0.1, 0.15) is 23.0 Å². The van der Waals surface area contributed by atoms with E-state index in [-0.39, 0.29) is 33.4 Å². The molecule has 12 heteroatoms. The lowest BCUT2D eigenvalue weighted by Gasteiger charge is -2.16. The standard InChI is InChI=1S/C40H22N2O10/c43-35-29-15-5-21(39(47)48)19-31(29)37(45)41(35)23-7-11-25(12-8-23)51-33-17-18-34(28-4-2-1-3-27(28)33)52-26-13-9-24(10-14-26)42-36(44)30-16-6-22(40(49)50)20-32(30)38(42)46/h1-20H,(H,47,48)(H,49,50). The molecule has 0 spiro atoms. The number of carboxylic acids is 2. The highest BCUT2D eigenvalue weighted by Crippen LogP contribution is 2.39. The van der Waals surface area contributed by atoms with E-state index in [4.69, 9.17) is 9.47 Å². The highest BCUT2D eigenvalue weighted by molar-refractivity contribution is 6.35. The first-order chi connectivity index (χ1) is 25.1. The molecular formula is C40H22N2O10. The number of hydrogen-bond acceptors (Lipinski definition) is 8. The molecule has 2 aliphatic rings. The molecule has 0 aliphatic carbocycles. The van der Waals surface area contributed by atoms with Crippen LogP contribution in [0.2, 0.25) is 0 Å². The third kappa shape index (κ3) is 5.18. The smallest absolute Gasteiger partial charge is 0.335 e. The van der Waals surface area contributed by atoms with Crippen molar-refractivity contribution < 1.29 is 48.5 Å². The zero-order valence-electron chi connectivity index (χ0n) is 26.6. The van der Waals surface area contributed by atoms with Gasteiger partial charge in [-0.25, -0.2) is 19.4 Å². The van der Waals surface area contributed by atoms with Gasteiger partial charge in [0.05, 0.1) is 44.8 Å². The summed E-state index contributed by atoms with van der Waals surface area (Å²) in [5.74, 6) is -2.89. The summed E-state index contributed by atoms with van der Waals surface area (Å²) < 4.78 is 12.4. The monoisotopic (exact) mass is 690 g/mol. The number of anilines is 2. The van der Waals surface area contributed by atoms with Crippen molar-refractivity contribution >= 4 is 57.7 Å². The van der Waals surface area contributed by atoms with Gasteiger partial charge in [-0.05, 0) is 97.1 Å². The summed E-state index contributed by atoms with van der Waals surface area (Å²) in [5.41, 5.74) is 0.709. The second-order valence-corrected chi connectivity index (χ2v) is 11.8. The summed E-state index contributed by atoms with van der Waals surface area (Å²) in [5, 5.41) is 20.0. The summed E-state index contributed by atoms with van der Waals surface area (Å²) in [6.07, 6.45) is 0. The minimum absolute atomic E-state index is 0.0235. The predicted octanol–water partition coefficient (Wildman–Crippen LogP) is 7.42. The first-order valence-corrected chi connectivity index (χ1v) is 15.7. The molecule has 252 valence electrons. The molecule has 2 aliphatic heterocycles. The van der Waals surface area contributed by atoms with Crippen molar-refractivity contribution in [2.45, 2.75) is 0 Å². The van der Waals surface area contributed by atoms with Crippen molar-refractivity contribution in [1.82, 2.24) is 0 Å². The van der Waals surface area contributed by atoms with Crippen LogP contribution in [0, 0.1) is 0 Å². The Kier molecular flexibility index (Phi) is 7.35. The van der Waals surface area contributed by atoms with E-state index in [1.54, 1.807) is 60.7 Å². The first kappa shape index (κ1) is 31.7. The number of fused-ring (bicyclic) bond motifs is 3. The molecular weight excluding hydrogens is 668 g/mol. The molecule has 0 aromatic heterocycles. The Balaban J connectivity index is 0.994. The normalized spacial score (nSPS) is 13.4. The minimum atomic E-state index is -1.20. The van der Waals surface area contributed by atoms with Gasteiger partial charge < -0.3 is 19.7 Å². The van der Waals surface area contributed by atoms with Crippen LogP contribution in [0.25, 0.3) is 10.8 Å². The first-order valence-electron chi connectivity index (χ1n) is 15.7. The average Bonchev–Trinajstić information content (AvgIpc) is 3.56. The molecule has 0 unspecified atom stereocenters. The number of aromatic carboxylic acids is 2. The Bertz CT molecular complexity index is 2380. The lowest BCUT2D eigenvalue weighted by molar-refractivity contribution is 0.0686. The number of benzene rings is 6. The molecule has 0 radical (unpaired) electrons. The Morgan fingerprint density at radius 2 is 0.808 bits per heavy atom. The number of ether oxygens (including phenoxy) is 2. The molecule has 8 rings (SSSR count). The Hall–Kier alpha value is -7.60. The van der Waals surface area contributed by atoms with Gasteiger partial charge in [-0.3, -0.25) is 19.2 Å². The highest BCUT2D eigenvalue weighted by atomic mass is 16.5. The average molecular weight is 691 g/mol. The number of carbonyl (C=O) groups is 6. The third-order valence-electron chi connectivity index (χ3n) is 8.76. The van der Waals surface area contributed by atoms with Crippen LogP contribution in [0.1, 0.15) is 62.1 Å². The minimum Gasteiger partial charge on any atom is -0.478 e. The Labute approximate surface area is 293 Å². The summed E-state index contributed by atoms with van der Waals surface area (Å²) in [6, 6.07) is 31.2. The van der Waals surface area contributed by atoms with E-state index in [1.807, 2.05) is 24.3 Å². The Morgan fingerprint density at radius 3 is 1.17 bits per heavy atom. The largest absolute Gasteiger partial charge is 0.478 e. The maximum atomic E-state index is 13.1. The van der Waals surface area contributed by atoms with Crippen molar-refractivity contribution in [3.8, 4) is 23.0 Å². The number of hydrogen-bond donors (Lipinski definition) is 2. The number of imide groups is 2. The predicted molar refractivity (Wildman–Crippen MR) is 186 cm³/mol. The van der Waals surface area contributed by atoms with Crippen LogP contribution in [-0.4, -0.2) is 45.8 Å². The van der Waals surface area contributed by atoms with Gasteiger partial charge in [-0.2, -0.15) is 0 Å². The van der Waals surface area contributed by atoms with Gasteiger partial charge in [-0.1, -0.05) is 24.3 Å². The number of amides is 4. The van der Waals surface area contributed by atoms with Crippen molar-refractivity contribution in [2.75, 3.05) is 9.80 Å². The summed E-state index contributed by atoms with van der Waals surface area (Å²) >= 11 is 0. The molecule has 6 aromatic carbocycles. The van der Waals surface area contributed by atoms with Gasteiger partial charge in [-0.15, -0.1) is 0 Å². The molecule has 0 fully saturated rings. The summed E-state index contributed by atoms with van der Waals surface area (Å²) in [6.45, 7) is 0. The molecule has 52 heavy (non-hydrogen) atoms. The SMILES string of the molecule is O=C(O)c1ccc2c(c1)C(=O)N(c1ccc(Oc3ccc(Oc4ccc(N5C(=O)c6ccc(C(=O)O)cc6C5=O)cc4)c4ccccc34)cc1)C2=O. The van der Waals surface area contributed by atoms with Crippen molar-refractivity contribution in [3.05, 3.63) is 155 Å². The lowest BCUT2D eigenvalue weighted by Crippen LogP contribution is -2.29. The zero-order chi connectivity index (χ0) is 36.3. The van der Waals surface area contributed by atoms with Crippen LogP contribution in [-0.2, 0) is 0 Å². The number of carbonyl (C=O) groups excluding carboxylic acids is 4. The van der Waals surface area contributed by atoms with Gasteiger partial charge in [0.15, 0.2) is 0 Å². The van der Waals surface area contributed by atoms with E-state index in [1.165, 1.54) is 36.4 Å². The van der Waals surface area contributed by atoms with Crippen LogP contribution in [0.5, 0.6) is 23.0 Å². The van der Waals surface area contributed by atoms with E-state index in [2.05, 4.69) is 0 Å². The molecule has 0 saturated carbocycles. The van der Waals surface area contributed by atoms with Gasteiger partial charge in [0.25, 0.3) is 23.6 Å². The van der Waals surface area contributed by atoms with E-state index in [0.29, 0.717) is 34.4 Å².